The van der Waals surface area contributed by atoms with Crippen molar-refractivity contribution in [2.24, 2.45) is 0 Å². The minimum Gasteiger partial charge on any atom is -0.399 e. The fraction of sp³-hybridized carbons (Fsp3) is 0.154. The molecule has 3 N–H and O–H groups in total. The maximum atomic E-state index is 12.0. The van der Waals surface area contributed by atoms with Gasteiger partial charge in [-0.2, -0.15) is 0 Å². The van der Waals surface area contributed by atoms with Crippen molar-refractivity contribution in [1.82, 2.24) is 15.3 Å². The van der Waals surface area contributed by atoms with E-state index in [0.29, 0.717) is 23.0 Å². The second-order valence-electron chi connectivity index (χ2n) is 3.75. The maximum Gasteiger partial charge on any atom is 0.252 e. The number of nitrogens with one attached hydrogen (secondary N) is 1. The van der Waals surface area contributed by atoms with Crippen molar-refractivity contribution in [2.75, 3.05) is 12.3 Å². The van der Waals surface area contributed by atoms with Crippen molar-refractivity contribution in [3.8, 4) is 0 Å². The fourth-order valence-corrected chi connectivity index (χ4v) is 2.39. The molecule has 0 spiro atoms. The lowest BCUT2D eigenvalue weighted by atomic mass is 10.2. The summed E-state index contributed by atoms with van der Waals surface area (Å²) in [5.74, 6) is -0.124. The van der Waals surface area contributed by atoms with Crippen LogP contribution in [0.15, 0.2) is 46.7 Å². The normalized spacial score (nSPS) is 10.2. The van der Waals surface area contributed by atoms with E-state index < -0.39 is 0 Å². The summed E-state index contributed by atoms with van der Waals surface area (Å²) in [7, 11) is 0. The van der Waals surface area contributed by atoms with Gasteiger partial charge >= 0.3 is 0 Å². The molecule has 0 aliphatic carbocycles. The number of nitrogen functional groups attached to an aromatic ring is 1. The van der Waals surface area contributed by atoms with Gasteiger partial charge in [-0.15, -0.1) is 0 Å². The quantitative estimate of drug-likeness (QED) is 0.658. The van der Waals surface area contributed by atoms with E-state index in [-0.39, 0.29) is 5.91 Å². The Bertz CT molecular complexity index is 574. The van der Waals surface area contributed by atoms with Crippen molar-refractivity contribution < 1.29 is 4.79 Å². The molecule has 2 rings (SSSR count). The SMILES string of the molecule is CCNC(=O)c1ccc(N)cc1Sc1ncccn1. The first kappa shape index (κ1) is 13.4. The van der Waals surface area contributed by atoms with E-state index in [1.807, 2.05) is 6.92 Å². The van der Waals surface area contributed by atoms with Crippen molar-refractivity contribution in [2.45, 2.75) is 17.0 Å². The van der Waals surface area contributed by atoms with E-state index in [0.717, 1.165) is 4.90 Å². The number of rotatable bonds is 4. The smallest absolute Gasteiger partial charge is 0.252 e. The van der Waals surface area contributed by atoms with Crippen LogP contribution in [0, 0.1) is 0 Å². The first-order chi connectivity index (χ1) is 9.20. The number of aromatic nitrogens is 2. The van der Waals surface area contributed by atoms with Crippen LogP contribution in [0.2, 0.25) is 0 Å². The molecule has 98 valence electrons. The van der Waals surface area contributed by atoms with Crippen LogP contribution >= 0.6 is 11.8 Å². The van der Waals surface area contributed by atoms with Gasteiger partial charge in [0.15, 0.2) is 5.16 Å². The third-order valence-corrected chi connectivity index (χ3v) is 3.28. The maximum absolute atomic E-state index is 12.0. The number of benzene rings is 1. The van der Waals surface area contributed by atoms with E-state index >= 15 is 0 Å². The first-order valence-electron chi connectivity index (χ1n) is 5.83. The van der Waals surface area contributed by atoms with Gasteiger partial charge < -0.3 is 11.1 Å². The number of hydrogen-bond acceptors (Lipinski definition) is 5. The van der Waals surface area contributed by atoms with Gasteiger partial charge in [0.05, 0.1) is 5.56 Å². The van der Waals surface area contributed by atoms with E-state index in [9.17, 15) is 4.79 Å². The highest BCUT2D eigenvalue weighted by Crippen LogP contribution is 2.29. The van der Waals surface area contributed by atoms with Crippen molar-refractivity contribution in [1.29, 1.82) is 0 Å². The summed E-state index contributed by atoms with van der Waals surface area (Å²) in [5, 5.41) is 3.36. The Morgan fingerprint density at radius 1 is 1.37 bits per heavy atom. The summed E-state index contributed by atoms with van der Waals surface area (Å²) >= 11 is 1.32. The molecule has 0 aliphatic rings. The lowest BCUT2D eigenvalue weighted by Crippen LogP contribution is -2.23. The van der Waals surface area contributed by atoms with E-state index in [1.54, 1.807) is 36.7 Å². The number of anilines is 1. The van der Waals surface area contributed by atoms with Gasteiger partial charge in [0.25, 0.3) is 5.91 Å². The zero-order valence-electron chi connectivity index (χ0n) is 10.5. The molecule has 1 amide bonds. The third-order valence-electron chi connectivity index (χ3n) is 2.33. The number of carbonyl (C=O) groups excluding carboxylic acids is 1. The Morgan fingerprint density at radius 2 is 2.11 bits per heavy atom. The Balaban J connectivity index is 2.32. The lowest BCUT2D eigenvalue weighted by Gasteiger charge is -2.09. The third kappa shape index (κ3) is 3.45. The van der Waals surface area contributed by atoms with Crippen molar-refractivity contribution >= 4 is 23.4 Å². The second-order valence-corrected chi connectivity index (χ2v) is 4.76. The van der Waals surface area contributed by atoms with Gasteiger partial charge in [0.2, 0.25) is 0 Å². The standard InChI is InChI=1S/C13H14N4OS/c1-2-15-12(18)10-5-4-9(14)8-11(10)19-13-16-6-3-7-17-13/h3-8H,2,14H2,1H3,(H,15,18). The Morgan fingerprint density at radius 3 is 2.79 bits per heavy atom. The molecule has 0 aliphatic heterocycles. The molecule has 0 bridgehead atoms. The topological polar surface area (TPSA) is 80.9 Å². The molecule has 0 saturated heterocycles. The highest BCUT2D eigenvalue weighted by Gasteiger charge is 2.13. The van der Waals surface area contributed by atoms with Crippen molar-refractivity contribution in [3.63, 3.8) is 0 Å². The number of nitrogens with zero attached hydrogens (tertiary/aromatic N) is 2. The summed E-state index contributed by atoms with van der Waals surface area (Å²) in [6.45, 7) is 2.46. The molecule has 1 aromatic heterocycles. The number of nitrogens with two attached hydrogens (primary N) is 1. The van der Waals surface area contributed by atoms with Gasteiger partial charge in [0.1, 0.15) is 0 Å². The molecule has 0 unspecified atom stereocenters. The Kier molecular flexibility index (Phi) is 4.35. The Labute approximate surface area is 115 Å². The molecule has 19 heavy (non-hydrogen) atoms. The largest absolute Gasteiger partial charge is 0.399 e. The molecule has 2 aromatic rings. The minimum absolute atomic E-state index is 0.124. The number of amides is 1. The average molecular weight is 274 g/mol. The molecular formula is C13H14N4OS. The van der Waals surface area contributed by atoms with E-state index in [2.05, 4.69) is 15.3 Å². The molecule has 0 atom stereocenters. The number of carbonyl (C=O) groups is 1. The van der Waals surface area contributed by atoms with Gasteiger partial charge in [-0.05, 0) is 43.0 Å². The highest BCUT2D eigenvalue weighted by molar-refractivity contribution is 7.99. The molecule has 6 heteroatoms. The lowest BCUT2D eigenvalue weighted by molar-refractivity contribution is 0.0953. The summed E-state index contributed by atoms with van der Waals surface area (Å²) < 4.78 is 0. The molecule has 0 fully saturated rings. The predicted octanol–water partition coefficient (Wildman–Crippen LogP) is 1.96. The summed E-state index contributed by atoms with van der Waals surface area (Å²) in [5.41, 5.74) is 6.95. The van der Waals surface area contributed by atoms with Crippen LogP contribution in [-0.4, -0.2) is 22.4 Å². The second kappa shape index (κ2) is 6.19. The van der Waals surface area contributed by atoms with E-state index in [1.165, 1.54) is 11.8 Å². The Hall–Kier alpha value is -2.08. The molecule has 5 nitrogen and oxygen atoms in total. The van der Waals surface area contributed by atoms with Gasteiger partial charge in [-0.1, -0.05) is 0 Å². The summed E-state index contributed by atoms with van der Waals surface area (Å²) in [4.78, 5) is 21.0. The van der Waals surface area contributed by atoms with Gasteiger partial charge in [-0.3, -0.25) is 4.79 Å². The highest BCUT2D eigenvalue weighted by atomic mass is 32.2. The van der Waals surface area contributed by atoms with Gasteiger partial charge in [0, 0.05) is 29.5 Å². The molecule has 1 heterocycles. The zero-order valence-corrected chi connectivity index (χ0v) is 11.3. The van der Waals surface area contributed by atoms with Crippen molar-refractivity contribution in [3.05, 3.63) is 42.2 Å². The van der Waals surface area contributed by atoms with Crippen LogP contribution in [0.4, 0.5) is 5.69 Å². The monoisotopic (exact) mass is 274 g/mol. The molecule has 0 saturated carbocycles. The number of hydrogen-bond donors (Lipinski definition) is 2. The first-order valence-corrected chi connectivity index (χ1v) is 6.65. The van der Waals surface area contributed by atoms with Crippen LogP contribution in [0.25, 0.3) is 0 Å². The van der Waals surface area contributed by atoms with Gasteiger partial charge in [-0.25, -0.2) is 9.97 Å². The minimum atomic E-state index is -0.124. The average Bonchev–Trinajstić information content (AvgIpc) is 2.40. The van der Waals surface area contributed by atoms with E-state index in [4.69, 9.17) is 5.73 Å². The molecule has 0 radical (unpaired) electrons. The van der Waals surface area contributed by atoms with Crippen LogP contribution < -0.4 is 11.1 Å². The predicted molar refractivity (Wildman–Crippen MR) is 75.0 cm³/mol. The molecular weight excluding hydrogens is 260 g/mol. The summed E-state index contributed by atoms with van der Waals surface area (Å²) in [6.07, 6.45) is 3.32. The summed E-state index contributed by atoms with van der Waals surface area (Å²) in [6, 6.07) is 6.92. The van der Waals surface area contributed by atoms with Crippen LogP contribution in [0.5, 0.6) is 0 Å². The fourth-order valence-electron chi connectivity index (χ4n) is 1.50. The van der Waals surface area contributed by atoms with Crippen LogP contribution in [0.1, 0.15) is 17.3 Å². The van der Waals surface area contributed by atoms with Crippen LogP contribution in [-0.2, 0) is 0 Å². The van der Waals surface area contributed by atoms with Crippen LogP contribution in [0.3, 0.4) is 0 Å². The zero-order chi connectivity index (χ0) is 13.7. The molecule has 1 aromatic carbocycles.